The van der Waals surface area contributed by atoms with E-state index in [1.54, 1.807) is 24.3 Å². The van der Waals surface area contributed by atoms with Crippen LogP contribution in [0.1, 0.15) is 0 Å². The molecule has 3 N–H and O–H groups in total. The second-order valence-electron chi connectivity index (χ2n) is 3.62. The molecule has 0 aromatic heterocycles. The lowest BCUT2D eigenvalue weighted by molar-refractivity contribution is 0.206. The lowest BCUT2D eigenvalue weighted by atomic mass is 10.3. The minimum Gasteiger partial charge on any atom is -0.367 e. The van der Waals surface area contributed by atoms with E-state index in [2.05, 4.69) is 9.95 Å². The van der Waals surface area contributed by atoms with Crippen molar-refractivity contribution < 1.29 is 19.1 Å². The van der Waals surface area contributed by atoms with E-state index in [0.29, 0.717) is 10.7 Å². The number of nitrogens with one attached hydrogen (secondary N) is 1. The second-order valence-corrected chi connectivity index (χ2v) is 5.98. The largest absolute Gasteiger partial charge is 0.367 e. The van der Waals surface area contributed by atoms with Crippen LogP contribution in [0, 0.1) is 0 Å². The van der Waals surface area contributed by atoms with Crippen molar-refractivity contribution >= 4 is 24.9 Å². The Hall–Kier alpha value is -1.04. The maximum absolute atomic E-state index is 11.6. The third-order valence-corrected chi connectivity index (χ3v) is 4.30. The summed E-state index contributed by atoms with van der Waals surface area (Å²) in [6.45, 7) is 0. The Bertz CT molecular complexity index is 519. The fourth-order valence-corrected chi connectivity index (χ4v) is 2.53. The van der Waals surface area contributed by atoms with Crippen LogP contribution in [0.3, 0.4) is 0 Å². The zero-order valence-electron chi connectivity index (χ0n) is 9.45. The van der Waals surface area contributed by atoms with E-state index in [1.165, 1.54) is 11.2 Å². The van der Waals surface area contributed by atoms with E-state index in [0.717, 1.165) is 7.11 Å². The number of halogens is 1. The Labute approximate surface area is 109 Å². The van der Waals surface area contributed by atoms with Crippen LogP contribution in [0.25, 0.3) is 0 Å². The highest BCUT2D eigenvalue weighted by atomic mass is 35.5. The molecule has 98 valence electrons. The molecule has 0 saturated carbocycles. The molecule has 2 unspecified atom stereocenters. The van der Waals surface area contributed by atoms with Crippen molar-refractivity contribution in [2.75, 3.05) is 12.1 Å². The Kier molecular flexibility index (Phi) is 3.66. The van der Waals surface area contributed by atoms with Crippen LogP contribution in [-0.2, 0) is 9.09 Å². The van der Waals surface area contributed by atoms with Gasteiger partial charge >= 0.3 is 7.60 Å². The number of nitrogens with zero attached hydrogens (tertiary/aromatic N) is 1. The topological polar surface area (TPSA) is 82.0 Å². The van der Waals surface area contributed by atoms with Crippen molar-refractivity contribution in [3.63, 3.8) is 0 Å². The van der Waals surface area contributed by atoms with Crippen molar-refractivity contribution in [2.24, 2.45) is 0 Å². The van der Waals surface area contributed by atoms with Crippen molar-refractivity contribution in [3.05, 3.63) is 40.8 Å². The second kappa shape index (κ2) is 4.91. The van der Waals surface area contributed by atoms with Gasteiger partial charge in [-0.1, -0.05) is 11.6 Å². The summed E-state index contributed by atoms with van der Waals surface area (Å²) in [5.74, 6) is 0. The van der Waals surface area contributed by atoms with E-state index in [9.17, 15) is 14.6 Å². The molecule has 8 heteroatoms. The highest BCUT2D eigenvalue weighted by Crippen LogP contribution is 2.53. The lowest BCUT2D eigenvalue weighted by Crippen LogP contribution is -2.38. The van der Waals surface area contributed by atoms with Crippen LogP contribution in [0.2, 0.25) is 5.02 Å². The maximum atomic E-state index is 11.6. The standard InChI is InChI=1S/C10H12ClN2O4P/c1-17-18(15,16)9-6-12-13(10(9)14)8-4-2-7(11)3-5-8/h2-6,10,12,14H,1H3,(H,15,16). The number of rotatable bonds is 3. The van der Waals surface area contributed by atoms with Gasteiger partial charge in [-0.3, -0.25) is 9.57 Å². The van der Waals surface area contributed by atoms with Crippen LogP contribution in [0.15, 0.2) is 35.8 Å². The van der Waals surface area contributed by atoms with Crippen molar-refractivity contribution in [3.8, 4) is 0 Å². The fourth-order valence-electron chi connectivity index (χ4n) is 1.56. The first-order chi connectivity index (χ1) is 8.45. The van der Waals surface area contributed by atoms with Gasteiger partial charge in [0, 0.05) is 18.3 Å². The molecule has 18 heavy (non-hydrogen) atoms. The smallest absolute Gasteiger partial charge is 0.360 e. The third kappa shape index (κ3) is 2.39. The number of anilines is 1. The van der Waals surface area contributed by atoms with Crippen molar-refractivity contribution in [2.45, 2.75) is 6.23 Å². The number of benzene rings is 1. The molecule has 0 bridgehead atoms. The normalized spacial score (nSPS) is 22.3. The highest BCUT2D eigenvalue weighted by molar-refractivity contribution is 7.57. The van der Waals surface area contributed by atoms with Gasteiger partial charge in [-0.15, -0.1) is 0 Å². The highest BCUT2D eigenvalue weighted by Gasteiger charge is 2.38. The monoisotopic (exact) mass is 290 g/mol. The molecule has 1 aromatic carbocycles. The molecule has 0 fully saturated rings. The average Bonchev–Trinajstić information content (AvgIpc) is 2.73. The molecule has 0 aliphatic carbocycles. The zero-order valence-corrected chi connectivity index (χ0v) is 11.1. The van der Waals surface area contributed by atoms with Crippen molar-refractivity contribution in [1.82, 2.24) is 5.43 Å². The molecule has 0 radical (unpaired) electrons. The molecule has 1 heterocycles. The first-order valence-electron chi connectivity index (χ1n) is 5.04. The molecular weight excluding hydrogens is 279 g/mol. The molecule has 2 rings (SSSR count). The lowest BCUT2D eigenvalue weighted by Gasteiger charge is -2.24. The van der Waals surface area contributed by atoms with Crippen LogP contribution < -0.4 is 10.4 Å². The third-order valence-electron chi connectivity index (χ3n) is 2.54. The minimum absolute atomic E-state index is 0.111. The van der Waals surface area contributed by atoms with Crippen molar-refractivity contribution in [1.29, 1.82) is 0 Å². The van der Waals surface area contributed by atoms with E-state index < -0.39 is 13.8 Å². The molecule has 0 amide bonds. The first-order valence-corrected chi connectivity index (χ1v) is 6.99. The van der Waals surface area contributed by atoms with E-state index in [-0.39, 0.29) is 5.31 Å². The molecule has 0 spiro atoms. The van der Waals surface area contributed by atoms with E-state index in [4.69, 9.17) is 11.6 Å². The number of aliphatic hydroxyl groups excluding tert-OH is 1. The van der Waals surface area contributed by atoms with Gasteiger partial charge in [0.25, 0.3) is 0 Å². The number of hydrazine groups is 1. The van der Waals surface area contributed by atoms with Crippen LogP contribution in [0.5, 0.6) is 0 Å². The SMILES string of the molecule is COP(=O)(O)C1=CNN(c2ccc(Cl)cc2)C1O. The van der Waals surface area contributed by atoms with Crippen LogP contribution in [-0.4, -0.2) is 23.3 Å². The van der Waals surface area contributed by atoms with Gasteiger partial charge < -0.3 is 19.9 Å². The molecule has 6 nitrogen and oxygen atoms in total. The summed E-state index contributed by atoms with van der Waals surface area (Å²) in [6, 6.07) is 6.64. The average molecular weight is 291 g/mol. The van der Waals surface area contributed by atoms with Gasteiger partial charge in [0.1, 0.15) is 5.31 Å². The summed E-state index contributed by atoms with van der Waals surface area (Å²) in [7, 11) is -2.85. The van der Waals surface area contributed by atoms with Crippen LogP contribution in [0.4, 0.5) is 5.69 Å². The molecular formula is C10H12ClN2O4P. The van der Waals surface area contributed by atoms with Gasteiger partial charge in [-0.05, 0) is 24.3 Å². The fraction of sp³-hybridized carbons (Fsp3) is 0.200. The first kappa shape index (κ1) is 13.4. The minimum atomic E-state index is -3.96. The molecule has 1 aliphatic rings. The number of aliphatic hydroxyl groups is 1. The van der Waals surface area contributed by atoms with Gasteiger partial charge in [0.2, 0.25) is 0 Å². The predicted octanol–water partition coefficient (Wildman–Crippen LogP) is 1.66. The predicted molar refractivity (Wildman–Crippen MR) is 68.0 cm³/mol. The maximum Gasteiger partial charge on any atom is 0.360 e. The molecule has 1 aliphatic heterocycles. The summed E-state index contributed by atoms with van der Waals surface area (Å²) in [4.78, 5) is 9.52. The number of hydrogen-bond donors (Lipinski definition) is 3. The van der Waals surface area contributed by atoms with Gasteiger partial charge in [-0.2, -0.15) is 0 Å². The van der Waals surface area contributed by atoms with Gasteiger partial charge in [0.05, 0.1) is 5.69 Å². The molecule has 1 aromatic rings. The van der Waals surface area contributed by atoms with E-state index >= 15 is 0 Å². The Morgan fingerprint density at radius 3 is 2.61 bits per heavy atom. The van der Waals surface area contributed by atoms with Crippen LogP contribution >= 0.6 is 19.2 Å². The summed E-state index contributed by atoms with van der Waals surface area (Å²) >= 11 is 5.76. The zero-order chi connectivity index (χ0) is 13.3. The van der Waals surface area contributed by atoms with Gasteiger partial charge in [-0.25, -0.2) is 0 Å². The summed E-state index contributed by atoms with van der Waals surface area (Å²) < 4.78 is 16.1. The molecule has 2 atom stereocenters. The summed E-state index contributed by atoms with van der Waals surface area (Å²) in [5.41, 5.74) is 3.30. The Morgan fingerprint density at radius 2 is 2.06 bits per heavy atom. The van der Waals surface area contributed by atoms with Gasteiger partial charge in [0.15, 0.2) is 6.23 Å². The van der Waals surface area contributed by atoms with E-state index in [1.807, 2.05) is 0 Å². The quantitative estimate of drug-likeness (QED) is 0.735. The number of hydrogen-bond acceptors (Lipinski definition) is 5. The Balaban J connectivity index is 2.22. The summed E-state index contributed by atoms with van der Waals surface area (Å²) in [5, 5.41) is 11.8. The summed E-state index contributed by atoms with van der Waals surface area (Å²) in [6.07, 6.45) is -0.0224. The Morgan fingerprint density at radius 1 is 1.44 bits per heavy atom. The molecule has 0 saturated heterocycles.